The Balaban J connectivity index is 1.58. The summed E-state index contributed by atoms with van der Waals surface area (Å²) in [4.78, 5) is 13.5. The molecule has 0 bridgehead atoms. The molecule has 2 atom stereocenters. The number of hydrogen-bond donors (Lipinski definition) is 2. The maximum atomic E-state index is 11.7. The van der Waals surface area contributed by atoms with Crippen LogP contribution in [0.4, 0.5) is 0 Å². The molecular weight excluding hydrogens is 300 g/mol. The van der Waals surface area contributed by atoms with Crippen molar-refractivity contribution in [3.05, 3.63) is 35.9 Å². The summed E-state index contributed by atoms with van der Waals surface area (Å²) in [5, 5.41) is 14.0. The minimum Gasteiger partial charge on any atom is -0.390 e. The van der Waals surface area contributed by atoms with Crippen LogP contribution >= 0.6 is 0 Å². The van der Waals surface area contributed by atoms with E-state index in [1.54, 1.807) is 4.90 Å². The number of rotatable bonds is 7. The van der Waals surface area contributed by atoms with Gasteiger partial charge in [0.05, 0.1) is 6.10 Å². The number of aliphatic hydroxyl groups is 1. The van der Waals surface area contributed by atoms with Crippen LogP contribution in [0.5, 0.6) is 0 Å². The maximum Gasteiger partial charge on any atom is 0.222 e. The van der Waals surface area contributed by atoms with E-state index in [0.717, 1.165) is 13.0 Å². The number of aliphatic hydroxyl groups excluding tert-OH is 1. The smallest absolute Gasteiger partial charge is 0.222 e. The van der Waals surface area contributed by atoms with E-state index >= 15 is 0 Å². The molecule has 3 rings (SSSR count). The molecule has 1 saturated carbocycles. The minimum atomic E-state index is -0.498. The van der Waals surface area contributed by atoms with Crippen molar-refractivity contribution in [2.75, 3.05) is 19.6 Å². The fraction of sp³-hybridized carbons (Fsp3) is 0.650. The normalized spacial score (nSPS) is 21.9. The van der Waals surface area contributed by atoms with Gasteiger partial charge in [0, 0.05) is 32.1 Å². The number of carbonyl (C=O) groups excluding carboxylic acids is 1. The molecule has 1 aliphatic heterocycles. The van der Waals surface area contributed by atoms with Crippen molar-refractivity contribution in [2.24, 2.45) is 5.92 Å². The van der Waals surface area contributed by atoms with E-state index in [-0.39, 0.29) is 5.91 Å². The number of carbonyl (C=O) groups is 1. The van der Waals surface area contributed by atoms with Gasteiger partial charge in [0.2, 0.25) is 5.91 Å². The maximum absolute atomic E-state index is 11.7. The van der Waals surface area contributed by atoms with Crippen LogP contribution in [0.2, 0.25) is 0 Å². The summed E-state index contributed by atoms with van der Waals surface area (Å²) in [5.74, 6) is 0.822. The van der Waals surface area contributed by atoms with Crippen LogP contribution in [0.15, 0.2) is 30.3 Å². The van der Waals surface area contributed by atoms with Gasteiger partial charge in [0.1, 0.15) is 0 Å². The molecule has 4 heteroatoms. The summed E-state index contributed by atoms with van der Waals surface area (Å²) in [7, 11) is 0. The molecule has 4 nitrogen and oxygen atoms in total. The van der Waals surface area contributed by atoms with E-state index < -0.39 is 6.10 Å². The largest absolute Gasteiger partial charge is 0.390 e. The molecule has 1 aromatic carbocycles. The lowest BCUT2D eigenvalue weighted by atomic mass is 9.81. The Hall–Kier alpha value is -1.39. The van der Waals surface area contributed by atoms with Gasteiger partial charge in [-0.2, -0.15) is 0 Å². The summed E-state index contributed by atoms with van der Waals surface area (Å²) in [5.41, 5.74) is 1.31. The van der Waals surface area contributed by atoms with Crippen LogP contribution in [0.25, 0.3) is 0 Å². The lowest BCUT2D eigenvalue weighted by Crippen LogP contribution is -2.41. The fourth-order valence-electron chi connectivity index (χ4n) is 4.16. The molecule has 1 aliphatic carbocycles. The van der Waals surface area contributed by atoms with E-state index in [0.29, 0.717) is 31.5 Å². The summed E-state index contributed by atoms with van der Waals surface area (Å²) in [6, 6.07) is 10.9. The number of nitrogens with zero attached hydrogens (tertiary/aromatic N) is 1. The zero-order valence-electron chi connectivity index (χ0n) is 14.5. The predicted octanol–water partition coefficient (Wildman–Crippen LogP) is 2.88. The van der Waals surface area contributed by atoms with Crippen molar-refractivity contribution in [3.63, 3.8) is 0 Å². The summed E-state index contributed by atoms with van der Waals surface area (Å²) >= 11 is 0. The Morgan fingerprint density at radius 2 is 1.88 bits per heavy atom. The van der Waals surface area contributed by atoms with Crippen molar-refractivity contribution in [3.8, 4) is 0 Å². The van der Waals surface area contributed by atoms with Crippen LogP contribution < -0.4 is 5.32 Å². The van der Waals surface area contributed by atoms with Crippen LogP contribution in [0, 0.1) is 5.92 Å². The molecule has 2 N–H and O–H groups in total. The quantitative estimate of drug-likeness (QED) is 0.808. The number of benzene rings is 1. The first-order valence-electron chi connectivity index (χ1n) is 9.48. The van der Waals surface area contributed by atoms with Gasteiger partial charge in [-0.3, -0.25) is 4.79 Å². The third-order valence-electron chi connectivity index (χ3n) is 5.46. The van der Waals surface area contributed by atoms with Gasteiger partial charge in [-0.25, -0.2) is 0 Å². The molecule has 132 valence electrons. The predicted molar refractivity (Wildman–Crippen MR) is 95.6 cm³/mol. The second-order valence-corrected chi connectivity index (χ2v) is 7.29. The van der Waals surface area contributed by atoms with Crippen LogP contribution in [-0.4, -0.2) is 41.7 Å². The zero-order valence-corrected chi connectivity index (χ0v) is 14.5. The molecular formula is C20H30N2O2. The minimum absolute atomic E-state index is 0.181. The third kappa shape index (κ3) is 4.58. The number of amides is 1. The third-order valence-corrected chi connectivity index (χ3v) is 5.46. The Morgan fingerprint density at radius 3 is 2.54 bits per heavy atom. The van der Waals surface area contributed by atoms with Gasteiger partial charge < -0.3 is 15.3 Å². The molecule has 1 aromatic rings. The van der Waals surface area contributed by atoms with Crippen molar-refractivity contribution in [2.45, 2.75) is 57.1 Å². The molecule has 1 saturated heterocycles. The van der Waals surface area contributed by atoms with Gasteiger partial charge >= 0.3 is 0 Å². The Bertz CT molecular complexity index is 514. The van der Waals surface area contributed by atoms with Crippen molar-refractivity contribution in [1.82, 2.24) is 10.2 Å². The Kier molecular flexibility index (Phi) is 6.27. The molecule has 2 fully saturated rings. The van der Waals surface area contributed by atoms with E-state index in [9.17, 15) is 9.90 Å². The van der Waals surface area contributed by atoms with Crippen molar-refractivity contribution in [1.29, 1.82) is 0 Å². The molecule has 2 unspecified atom stereocenters. The van der Waals surface area contributed by atoms with Crippen LogP contribution in [0.3, 0.4) is 0 Å². The van der Waals surface area contributed by atoms with Gasteiger partial charge in [-0.1, -0.05) is 49.6 Å². The van der Waals surface area contributed by atoms with E-state index in [1.807, 2.05) is 0 Å². The summed E-state index contributed by atoms with van der Waals surface area (Å²) in [6.45, 7) is 1.79. The number of likely N-dealkylation sites (tertiary alicyclic amines) is 1. The van der Waals surface area contributed by atoms with Crippen LogP contribution in [0.1, 0.15) is 56.6 Å². The molecule has 1 amide bonds. The average molecular weight is 330 g/mol. The van der Waals surface area contributed by atoms with E-state index in [4.69, 9.17) is 0 Å². The number of nitrogens with one attached hydrogen (secondary N) is 1. The van der Waals surface area contributed by atoms with Gasteiger partial charge in [0.25, 0.3) is 0 Å². The first-order valence-corrected chi connectivity index (χ1v) is 9.48. The van der Waals surface area contributed by atoms with Gasteiger partial charge in [-0.15, -0.1) is 0 Å². The molecule has 0 aromatic heterocycles. The molecule has 1 heterocycles. The number of β-amino-alcohol motifs (C(OH)–C–C–N with tert-alkyl or cyclic N) is 1. The lowest BCUT2D eigenvalue weighted by molar-refractivity contribution is -0.128. The average Bonchev–Trinajstić information content (AvgIpc) is 3.02. The monoisotopic (exact) mass is 330 g/mol. The standard InChI is InChI=1S/C20H30N2O2/c23-18(15-22-13-7-12-19(22)24)14-21-20(16-8-3-1-4-9-16)17-10-5-2-6-11-17/h1,3-4,8-9,17-18,20-21,23H,2,5-7,10-15H2. The van der Waals surface area contributed by atoms with Crippen molar-refractivity contribution >= 4 is 5.91 Å². The number of hydrogen-bond acceptors (Lipinski definition) is 3. The highest BCUT2D eigenvalue weighted by Gasteiger charge is 2.27. The van der Waals surface area contributed by atoms with Gasteiger partial charge in [-0.05, 0) is 30.7 Å². The molecule has 0 radical (unpaired) electrons. The topological polar surface area (TPSA) is 52.6 Å². The summed E-state index contributed by atoms with van der Waals surface area (Å²) in [6.07, 6.45) is 7.53. The highest BCUT2D eigenvalue weighted by atomic mass is 16.3. The zero-order chi connectivity index (χ0) is 16.8. The van der Waals surface area contributed by atoms with Gasteiger partial charge in [0.15, 0.2) is 0 Å². The first-order chi connectivity index (χ1) is 11.7. The van der Waals surface area contributed by atoms with Crippen LogP contribution in [-0.2, 0) is 4.79 Å². The second-order valence-electron chi connectivity index (χ2n) is 7.29. The Labute approximate surface area is 145 Å². The molecule has 2 aliphatic rings. The van der Waals surface area contributed by atoms with Crippen molar-refractivity contribution < 1.29 is 9.90 Å². The molecule has 24 heavy (non-hydrogen) atoms. The lowest BCUT2D eigenvalue weighted by Gasteiger charge is -2.32. The van der Waals surface area contributed by atoms with E-state index in [1.165, 1.54) is 37.7 Å². The fourth-order valence-corrected chi connectivity index (χ4v) is 4.16. The SMILES string of the molecule is O=C1CCCN1CC(O)CNC(c1ccccc1)C1CCCCC1. The summed E-state index contributed by atoms with van der Waals surface area (Å²) < 4.78 is 0. The first kappa shape index (κ1) is 17.4. The van der Waals surface area contributed by atoms with E-state index in [2.05, 4.69) is 35.6 Å². The molecule has 0 spiro atoms. The second kappa shape index (κ2) is 8.63. The highest BCUT2D eigenvalue weighted by Crippen LogP contribution is 2.34. The Morgan fingerprint density at radius 1 is 1.12 bits per heavy atom. The highest BCUT2D eigenvalue weighted by molar-refractivity contribution is 5.78.